The lowest BCUT2D eigenvalue weighted by Crippen LogP contribution is -2.39. The van der Waals surface area contributed by atoms with E-state index >= 15 is 0 Å². The molecule has 0 aliphatic heterocycles. The SMILES string of the molecule is CCOC(=O)C1(CCOCl)CCC(O)CC1. The lowest BCUT2D eigenvalue weighted by Gasteiger charge is -2.36. The molecule has 0 radical (unpaired) electrons. The zero-order valence-corrected chi connectivity index (χ0v) is 10.3. The number of hydrogen-bond acceptors (Lipinski definition) is 4. The van der Waals surface area contributed by atoms with Crippen LogP contribution in [0.4, 0.5) is 0 Å². The zero-order valence-electron chi connectivity index (χ0n) is 9.58. The molecule has 0 aromatic heterocycles. The van der Waals surface area contributed by atoms with E-state index in [1.807, 2.05) is 0 Å². The van der Waals surface area contributed by atoms with Crippen LogP contribution in [0.2, 0.25) is 0 Å². The Labute approximate surface area is 101 Å². The highest BCUT2D eigenvalue weighted by molar-refractivity contribution is 6.07. The van der Waals surface area contributed by atoms with Gasteiger partial charge in [0.1, 0.15) is 0 Å². The van der Waals surface area contributed by atoms with Gasteiger partial charge in [0, 0.05) is 0 Å². The largest absolute Gasteiger partial charge is 0.466 e. The van der Waals surface area contributed by atoms with Gasteiger partial charge in [-0.2, -0.15) is 0 Å². The lowest BCUT2D eigenvalue weighted by atomic mass is 9.71. The van der Waals surface area contributed by atoms with Gasteiger partial charge < -0.3 is 9.84 Å². The smallest absolute Gasteiger partial charge is 0.312 e. The van der Waals surface area contributed by atoms with Crippen LogP contribution in [0, 0.1) is 5.41 Å². The quantitative estimate of drug-likeness (QED) is 0.759. The summed E-state index contributed by atoms with van der Waals surface area (Å²) in [4.78, 5) is 11.9. The minimum atomic E-state index is -0.510. The molecule has 0 unspecified atom stereocenters. The topological polar surface area (TPSA) is 55.8 Å². The Bertz CT molecular complexity index is 219. The molecule has 1 rings (SSSR count). The molecule has 1 aliphatic rings. The van der Waals surface area contributed by atoms with Crippen LogP contribution < -0.4 is 0 Å². The fourth-order valence-electron chi connectivity index (χ4n) is 2.23. The Morgan fingerprint density at radius 2 is 2.12 bits per heavy atom. The highest BCUT2D eigenvalue weighted by atomic mass is 35.5. The third-order valence-corrected chi connectivity index (χ3v) is 3.43. The van der Waals surface area contributed by atoms with Crippen molar-refractivity contribution in [3.05, 3.63) is 0 Å². The van der Waals surface area contributed by atoms with Crippen molar-refractivity contribution < 1.29 is 18.9 Å². The second-order valence-corrected chi connectivity index (χ2v) is 4.51. The Hall–Kier alpha value is -0.320. The number of carbonyl (C=O) groups is 1. The van der Waals surface area contributed by atoms with E-state index in [1.54, 1.807) is 6.92 Å². The Morgan fingerprint density at radius 1 is 1.50 bits per heavy atom. The average Bonchev–Trinajstić information content (AvgIpc) is 2.29. The molecule has 1 saturated carbocycles. The van der Waals surface area contributed by atoms with Gasteiger partial charge in [0.25, 0.3) is 0 Å². The standard InChI is InChI=1S/C11H19ClO4/c1-2-15-10(14)11(7-8-16-12)5-3-9(13)4-6-11/h9,13H,2-8H2,1H3. The van der Waals surface area contributed by atoms with Crippen molar-refractivity contribution in [2.75, 3.05) is 13.2 Å². The van der Waals surface area contributed by atoms with E-state index in [0.717, 1.165) is 0 Å². The van der Waals surface area contributed by atoms with Crippen LogP contribution in [-0.4, -0.2) is 30.4 Å². The summed E-state index contributed by atoms with van der Waals surface area (Å²) in [7, 11) is 0. The van der Waals surface area contributed by atoms with Crippen LogP contribution in [0.15, 0.2) is 0 Å². The number of aliphatic hydroxyl groups excluding tert-OH is 1. The van der Waals surface area contributed by atoms with E-state index in [9.17, 15) is 9.90 Å². The highest BCUT2D eigenvalue weighted by Gasteiger charge is 2.42. The first-order chi connectivity index (χ1) is 7.64. The summed E-state index contributed by atoms with van der Waals surface area (Å²) in [5.74, 6) is -0.185. The molecule has 1 aliphatic carbocycles. The van der Waals surface area contributed by atoms with E-state index < -0.39 is 5.41 Å². The molecule has 1 fully saturated rings. The van der Waals surface area contributed by atoms with Gasteiger partial charge in [-0.1, -0.05) is 0 Å². The van der Waals surface area contributed by atoms with Gasteiger partial charge in [0.05, 0.1) is 36.6 Å². The number of rotatable bonds is 5. The van der Waals surface area contributed by atoms with Crippen molar-refractivity contribution in [1.82, 2.24) is 0 Å². The summed E-state index contributed by atoms with van der Waals surface area (Å²) < 4.78 is 9.62. The van der Waals surface area contributed by atoms with Crippen LogP contribution in [-0.2, 0) is 13.8 Å². The van der Waals surface area contributed by atoms with Gasteiger partial charge in [0.15, 0.2) is 0 Å². The van der Waals surface area contributed by atoms with Crippen LogP contribution in [0.3, 0.4) is 0 Å². The van der Waals surface area contributed by atoms with E-state index in [4.69, 9.17) is 16.6 Å². The summed E-state index contributed by atoms with van der Waals surface area (Å²) in [6.45, 7) is 2.50. The molecule has 94 valence electrons. The highest BCUT2D eigenvalue weighted by Crippen LogP contribution is 2.40. The average molecular weight is 251 g/mol. The molecule has 0 aromatic rings. The molecule has 4 nitrogen and oxygen atoms in total. The summed E-state index contributed by atoms with van der Waals surface area (Å²) in [6, 6.07) is 0. The van der Waals surface area contributed by atoms with Crippen LogP contribution in [0.1, 0.15) is 39.0 Å². The maximum Gasteiger partial charge on any atom is 0.312 e. The molecule has 0 heterocycles. The predicted molar refractivity (Wildman–Crippen MR) is 60.0 cm³/mol. The zero-order chi connectivity index (χ0) is 12.0. The first-order valence-electron chi connectivity index (χ1n) is 5.73. The van der Waals surface area contributed by atoms with Crippen molar-refractivity contribution in [1.29, 1.82) is 0 Å². The number of halogens is 1. The van der Waals surface area contributed by atoms with Crippen molar-refractivity contribution in [3.63, 3.8) is 0 Å². The molecule has 1 N–H and O–H groups in total. The van der Waals surface area contributed by atoms with Gasteiger partial charge in [0.2, 0.25) is 0 Å². The van der Waals surface area contributed by atoms with E-state index in [1.165, 1.54) is 0 Å². The fourth-order valence-corrected chi connectivity index (χ4v) is 2.31. The van der Waals surface area contributed by atoms with Crippen molar-refractivity contribution in [2.45, 2.75) is 45.1 Å². The van der Waals surface area contributed by atoms with Gasteiger partial charge in [-0.15, -0.1) is 0 Å². The molecule has 0 bridgehead atoms. The second-order valence-electron chi connectivity index (χ2n) is 4.30. The fraction of sp³-hybridized carbons (Fsp3) is 0.909. The summed E-state index contributed by atoms with van der Waals surface area (Å²) in [5.41, 5.74) is -0.510. The molecule has 16 heavy (non-hydrogen) atoms. The number of aliphatic hydroxyl groups is 1. The molecule has 0 atom stereocenters. The minimum absolute atomic E-state index is 0.185. The number of carbonyl (C=O) groups excluding carboxylic acids is 1. The molecular weight excluding hydrogens is 232 g/mol. The van der Waals surface area contributed by atoms with E-state index in [-0.39, 0.29) is 12.1 Å². The summed E-state index contributed by atoms with van der Waals surface area (Å²) in [5, 5.41) is 9.47. The van der Waals surface area contributed by atoms with Gasteiger partial charge in [-0.25, -0.2) is 0 Å². The predicted octanol–water partition coefficient (Wildman–Crippen LogP) is 2.03. The van der Waals surface area contributed by atoms with Crippen molar-refractivity contribution in [2.24, 2.45) is 5.41 Å². The maximum absolute atomic E-state index is 11.9. The number of hydrogen-bond donors (Lipinski definition) is 1. The van der Waals surface area contributed by atoms with Crippen molar-refractivity contribution in [3.8, 4) is 0 Å². The van der Waals surface area contributed by atoms with Gasteiger partial charge >= 0.3 is 5.97 Å². The molecule has 0 spiro atoms. The van der Waals surface area contributed by atoms with Crippen LogP contribution in [0.5, 0.6) is 0 Å². The third kappa shape index (κ3) is 3.34. The van der Waals surface area contributed by atoms with E-state index in [0.29, 0.717) is 45.3 Å². The number of esters is 1. The normalized spacial score (nSPS) is 30.1. The molecule has 0 amide bonds. The van der Waals surface area contributed by atoms with Gasteiger partial charge in [-0.05, 0) is 39.0 Å². The first kappa shape index (κ1) is 13.7. The Kier molecular flexibility index (Phi) is 5.52. The van der Waals surface area contributed by atoms with Crippen LogP contribution >= 0.6 is 11.9 Å². The molecule has 0 saturated heterocycles. The van der Waals surface area contributed by atoms with Gasteiger partial charge in [-0.3, -0.25) is 9.08 Å². The van der Waals surface area contributed by atoms with Crippen LogP contribution in [0.25, 0.3) is 0 Å². The van der Waals surface area contributed by atoms with E-state index in [2.05, 4.69) is 4.29 Å². The first-order valence-corrected chi connectivity index (χ1v) is 6.04. The monoisotopic (exact) mass is 250 g/mol. The summed E-state index contributed by atoms with van der Waals surface area (Å²) >= 11 is 5.19. The minimum Gasteiger partial charge on any atom is -0.466 e. The number of ether oxygens (including phenoxy) is 1. The second kappa shape index (κ2) is 6.42. The molecule has 0 aromatic carbocycles. The Balaban J connectivity index is 2.64. The third-order valence-electron chi connectivity index (χ3n) is 3.28. The summed E-state index contributed by atoms with van der Waals surface area (Å²) in [6.07, 6.45) is 2.84. The lowest BCUT2D eigenvalue weighted by molar-refractivity contribution is -0.160. The Morgan fingerprint density at radius 3 is 2.62 bits per heavy atom. The van der Waals surface area contributed by atoms with Crippen molar-refractivity contribution >= 4 is 17.8 Å². The molecular formula is C11H19ClO4. The molecule has 5 heteroatoms. The maximum atomic E-state index is 11.9.